The SMILES string of the molecule is O=C1C[C@@H]2CCN(C3CCOCC3)C[C@@H]2CCNC(=O)[C@H]2C[C@@H](CN2Cc2ccccc2)NC(=O)C[C@H](O)C[C@H](O)CCN1. The number of hydrogen-bond donors (Lipinski definition) is 5. The van der Waals surface area contributed by atoms with Crippen LogP contribution in [0.25, 0.3) is 0 Å². The van der Waals surface area contributed by atoms with Gasteiger partial charge in [-0.15, -0.1) is 0 Å². The van der Waals surface area contributed by atoms with Crippen LogP contribution in [0.4, 0.5) is 0 Å². The van der Waals surface area contributed by atoms with E-state index >= 15 is 0 Å². The van der Waals surface area contributed by atoms with Crippen LogP contribution in [0.5, 0.6) is 0 Å². The molecule has 4 saturated heterocycles. The zero-order chi connectivity index (χ0) is 30.9. The van der Waals surface area contributed by atoms with E-state index in [9.17, 15) is 24.6 Å². The van der Waals surface area contributed by atoms with Gasteiger partial charge in [-0.1, -0.05) is 30.3 Å². The molecule has 5 N–H and O–H groups in total. The minimum Gasteiger partial charge on any atom is -0.393 e. The molecule has 6 atom stereocenters. The van der Waals surface area contributed by atoms with Crippen molar-refractivity contribution in [3.05, 3.63) is 35.9 Å². The second-order valence-corrected chi connectivity index (χ2v) is 13.2. The highest BCUT2D eigenvalue weighted by molar-refractivity contribution is 5.82. The number of nitrogens with one attached hydrogen (secondary N) is 3. The highest BCUT2D eigenvalue weighted by Crippen LogP contribution is 2.32. The molecule has 1 aromatic rings. The summed E-state index contributed by atoms with van der Waals surface area (Å²) >= 11 is 0. The summed E-state index contributed by atoms with van der Waals surface area (Å²) in [6, 6.07) is 9.92. The largest absolute Gasteiger partial charge is 0.393 e. The lowest BCUT2D eigenvalue weighted by Crippen LogP contribution is -2.49. The Kier molecular flexibility index (Phi) is 12.0. The van der Waals surface area contributed by atoms with Crippen molar-refractivity contribution >= 4 is 17.7 Å². The molecule has 0 aromatic heterocycles. The van der Waals surface area contributed by atoms with E-state index in [2.05, 4.69) is 25.8 Å². The van der Waals surface area contributed by atoms with Crippen LogP contribution in [-0.2, 0) is 25.7 Å². The summed E-state index contributed by atoms with van der Waals surface area (Å²) in [6.07, 6.45) is 3.16. The number of carbonyl (C=O) groups excluding carboxylic acids is 3. The summed E-state index contributed by atoms with van der Waals surface area (Å²) < 4.78 is 5.59. The van der Waals surface area contributed by atoms with E-state index in [0.29, 0.717) is 51.5 Å². The number of hydrogen-bond acceptors (Lipinski definition) is 8. The zero-order valence-electron chi connectivity index (χ0n) is 25.9. The number of likely N-dealkylation sites (tertiary alicyclic amines) is 2. The molecule has 0 aliphatic carbocycles. The fourth-order valence-corrected chi connectivity index (χ4v) is 7.56. The Balaban J connectivity index is 1.28. The van der Waals surface area contributed by atoms with Crippen LogP contribution in [0.15, 0.2) is 30.3 Å². The van der Waals surface area contributed by atoms with Crippen LogP contribution in [0, 0.1) is 11.8 Å². The molecule has 0 saturated carbocycles. The van der Waals surface area contributed by atoms with E-state index in [4.69, 9.17) is 4.74 Å². The molecule has 2 bridgehead atoms. The lowest BCUT2D eigenvalue weighted by molar-refractivity contribution is -0.126. The van der Waals surface area contributed by atoms with Crippen LogP contribution in [0.1, 0.15) is 63.4 Å². The number of fused-ring (bicyclic) bond motifs is 3. The first-order chi connectivity index (χ1) is 21.3. The lowest BCUT2D eigenvalue weighted by Gasteiger charge is -2.43. The van der Waals surface area contributed by atoms with Crippen molar-refractivity contribution in [1.29, 1.82) is 0 Å². The predicted octanol–water partition coefficient (Wildman–Crippen LogP) is 0.781. The zero-order valence-corrected chi connectivity index (χ0v) is 25.9. The molecule has 4 aliphatic rings. The second kappa shape index (κ2) is 16.1. The lowest BCUT2D eigenvalue weighted by atomic mass is 9.80. The topological polar surface area (TPSA) is 143 Å². The van der Waals surface area contributed by atoms with Crippen molar-refractivity contribution in [1.82, 2.24) is 25.8 Å². The van der Waals surface area contributed by atoms with Crippen molar-refractivity contribution in [3.63, 3.8) is 0 Å². The number of benzene rings is 1. The third-order valence-corrected chi connectivity index (χ3v) is 9.96. The first-order valence-electron chi connectivity index (χ1n) is 16.6. The van der Waals surface area contributed by atoms with E-state index in [-0.39, 0.29) is 54.5 Å². The third-order valence-electron chi connectivity index (χ3n) is 9.96. The Bertz CT molecular complexity index is 1090. The first kappa shape index (κ1) is 32.8. The van der Waals surface area contributed by atoms with Crippen LogP contribution in [0.3, 0.4) is 0 Å². The van der Waals surface area contributed by atoms with Crippen molar-refractivity contribution in [2.45, 2.75) is 94.7 Å². The summed E-state index contributed by atoms with van der Waals surface area (Å²) in [4.78, 5) is 44.0. The maximum Gasteiger partial charge on any atom is 0.237 e. The summed E-state index contributed by atoms with van der Waals surface area (Å²) in [5, 5.41) is 30.1. The predicted molar refractivity (Wildman–Crippen MR) is 165 cm³/mol. The molecule has 5 rings (SSSR count). The Hall–Kier alpha value is -2.57. The van der Waals surface area contributed by atoms with Gasteiger partial charge in [0, 0.05) is 64.4 Å². The van der Waals surface area contributed by atoms with Gasteiger partial charge < -0.3 is 30.9 Å². The maximum atomic E-state index is 13.6. The molecule has 244 valence electrons. The van der Waals surface area contributed by atoms with Gasteiger partial charge in [-0.3, -0.25) is 24.2 Å². The molecule has 44 heavy (non-hydrogen) atoms. The molecule has 4 aliphatic heterocycles. The molecule has 4 fully saturated rings. The van der Waals surface area contributed by atoms with Crippen LogP contribution in [0.2, 0.25) is 0 Å². The van der Waals surface area contributed by atoms with Crippen molar-refractivity contribution in [2.75, 3.05) is 45.9 Å². The number of aliphatic hydroxyl groups is 2. The molecule has 11 nitrogen and oxygen atoms in total. The van der Waals surface area contributed by atoms with Gasteiger partial charge >= 0.3 is 0 Å². The van der Waals surface area contributed by atoms with Gasteiger partial charge in [-0.2, -0.15) is 0 Å². The summed E-state index contributed by atoms with van der Waals surface area (Å²) in [7, 11) is 0. The Morgan fingerprint density at radius 2 is 1.57 bits per heavy atom. The molecule has 0 unspecified atom stereocenters. The highest BCUT2D eigenvalue weighted by atomic mass is 16.5. The first-order valence-corrected chi connectivity index (χ1v) is 16.6. The van der Waals surface area contributed by atoms with E-state index in [1.807, 2.05) is 30.3 Å². The summed E-state index contributed by atoms with van der Waals surface area (Å²) in [5.41, 5.74) is 1.10. The van der Waals surface area contributed by atoms with Crippen molar-refractivity contribution in [3.8, 4) is 0 Å². The second-order valence-electron chi connectivity index (χ2n) is 13.2. The molecule has 1 aromatic carbocycles. The fraction of sp³-hybridized carbons (Fsp3) is 0.727. The van der Waals surface area contributed by atoms with E-state index < -0.39 is 12.2 Å². The fourth-order valence-electron chi connectivity index (χ4n) is 7.56. The van der Waals surface area contributed by atoms with E-state index in [0.717, 1.165) is 57.6 Å². The number of aliphatic hydroxyl groups excluding tert-OH is 2. The van der Waals surface area contributed by atoms with Gasteiger partial charge in [0.2, 0.25) is 17.7 Å². The Morgan fingerprint density at radius 3 is 2.36 bits per heavy atom. The van der Waals surface area contributed by atoms with E-state index in [1.54, 1.807) is 0 Å². The van der Waals surface area contributed by atoms with Crippen molar-refractivity contribution in [2.24, 2.45) is 11.8 Å². The summed E-state index contributed by atoms with van der Waals surface area (Å²) in [5.74, 6) is 0.136. The van der Waals surface area contributed by atoms with Gasteiger partial charge in [-0.05, 0) is 68.9 Å². The molecular formula is C33H51N5O6. The summed E-state index contributed by atoms with van der Waals surface area (Å²) in [6.45, 7) is 5.45. The van der Waals surface area contributed by atoms with Crippen LogP contribution < -0.4 is 16.0 Å². The monoisotopic (exact) mass is 613 g/mol. The van der Waals surface area contributed by atoms with Crippen LogP contribution in [-0.4, -0.2) is 114 Å². The number of ether oxygens (including phenoxy) is 1. The maximum absolute atomic E-state index is 13.6. The van der Waals surface area contributed by atoms with Gasteiger partial charge in [-0.25, -0.2) is 0 Å². The van der Waals surface area contributed by atoms with Gasteiger partial charge in [0.1, 0.15) is 0 Å². The number of nitrogens with zero attached hydrogens (tertiary/aromatic N) is 2. The highest BCUT2D eigenvalue weighted by Gasteiger charge is 2.38. The molecule has 0 spiro atoms. The average molecular weight is 614 g/mol. The van der Waals surface area contributed by atoms with Crippen molar-refractivity contribution < 1.29 is 29.3 Å². The molecule has 11 heteroatoms. The smallest absolute Gasteiger partial charge is 0.237 e. The number of amides is 3. The Morgan fingerprint density at radius 1 is 0.795 bits per heavy atom. The molecule has 4 heterocycles. The minimum absolute atomic E-state index is 0.0290. The average Bonchev–Trinajstić information content (AvgIpc) is 3.39. The molecule has 3 amide bonds. The van der Waals surface area contributed by atoms with Gasteiger partial charge in [0.15, 0.2) is 0 Å². The molecule has 0 radical (unpaired) electrons. The quantitative estimate of drug-likeness (QED) is 0.337. The normalized spacial score (nSPS) is 33.1. The number of rotatable bonds is 3. The standard InChI is InChI=1S/C33H51N5O6/c39-28-7-12-34-31(41)16-24-8-13-37(27-9-14-44-15-10-27)21-25(24)6-11-35-33(43)30-17-26(36-32(42)19-29(40)18-28)22-38(30)20-23-4-2-1-3-5-23/h1-5,24-30,39-40H,6-22H2,(H,34,41)(H,35,43)(H,36,42)/t24-,25-,26-,28+,29+,30+/m0/s1. The Labute approximate surface area is 261 Å². The number of piperidine rings is 1. The van der Waals surface area contributed by atoms with Gasteiger partial charge in [0.25, 0.3) is 0 Å². The molecular weight excluding hydrogens is 562 g/mol. The number of carbonyl (C=O) groups is 3. The third kappa shape index (κ3) is 9.47. The minimum atomic E-state index is -0.992. The van der Waals surface area contributed by atoms with Crippen LogP contribution >= 0.6 is 0 Å². The van der Waals surface area contributed by atoms with E-state index in [1.165, 1.54) is 0 Å². The van der Waals surface area contributed by atoms with Gasteiger partial charge in [0.05, 0.1) is 24.7 Å².